The molecular formula is C23H31N5O. The van der Waals surface area contributed by atoms with Crippen LogP contribution in [0.15, 0.2) is 64.2 Å². The van der Waals surface area contributed by atoms with Crippen LogP contribution in [0.4, 0.5) is 0 Å². The number of furan rings is 1. The molecule has 29 heavy (non-hydrogen) atoms. The molecule has 0 spiro atoms. The Bertz CT molecular complexity index is 868. The molecule has 3 rings (SSSR count). The monoisotopic (exact) mass is 393 g/mol. The largest absolute Gasteiger partial charge is 0.469 e. The predicted molar refractivity (Wildman–Crippen MR) is 117 cm³/mol. The fraction of sp³-hybridized carbons (Fsp3) is 0.391. The average molecular weight is 394 g/mol. The fourth-order valence-electron chi connectivity index (χ4n) is 3.22. The third kappa shape index (κ3) is 7.14. The zero-order valence-corrected chi connectivity index (χ0v) is 17.4. The quantitative estimate of drug-likeness (QED) is 0.314. The Morgan fingerprint density at radius 2 is 1.83 bits per heavy atom. The number of aromatic nitrogens is 2. The number of nitrogens with one attached hydrogen (secondary N) is 2. The van der Waals surface area contributed by atoms with Crippen molar-refractivity contribution in [3.05, 3.63) is 77.5 Å². The smallest absolute Gasteiger partial charge is 0.191 e. The third-order valence-corrected chi connectivity index (χ3v) is 4.69. The van der Waals surface area contributed by atoms with Gasteiger partial charge in [-0.3, -0.25) is 9.67 Å². The number of aryl methyl sites for hydroxylation is 3. The van der Waals surface area contributed by atoms with E-state index >= 15 is 0 Å². The van der Waals surface area contributed by atoms with E-state index in [9.17, 15) is 0 Å². The molecule has 0 bridgehead atoms. The summed E-state index contributed by atoms with van der Waals surface area (Å²) in [4.78, 5) is 4.75. The molecule has 0 aliphatic carbocycles. The Hall–Kier alpha value is -3.02. The first kappa shape index (κ1) is 20.7. The van der Waals surface area contributed by atoms with E-state index in [1.165, 1.54) is 11.3 Å². The van der Waals surface area contributed by atoms with Crippen molar-refractivity contribution >= 4 is 5.96 Å². The number of hydrogen-bond donors (Lipinski definition) is 2. The summed E-state index contributed by atoms with van der Waals surface area (Å²) in [5, 5.41) is 11.4. The van der Waals surface area contributed by atoms with Crippen molar-refractivity contribution in [2.45, 2.75) is 39.7 Å². The average Bonchev–Trinajstić information content (AvgIpc) is 3.35. The highest BCUT2D eigenvalue weighted by Crippen LogP contribution is 2.03. The highest BCUT2D eigenvalue weighted by molar-refractivity contribution is 5.79. The van der Waals surface area contributed by atoms with Gasteiger partial charge in [0.1, 0.15) is 5.76 Å². The molecule has 0 radical (unpaired) electrons. The zero-order valence-electron chi connectivity index (χ0n) is 17.4. The van der Waals surface area contributed by atoms with Crippen molar-refractivity contribution in [1.29, 1.82) is 0 Å². The molecular weight excluding hydrogens is 362 g/mol. The van der Waals surface area contributed by atoms with Gasteiger partial charge in [-0.15, -0.1) is 0 Å². The molecule has 3 aromatic rings. The first-order valence-electron chi connectivity index (χ1n) is 10.3. The van der Waals surface area contributed by atoms with Crippen LogP contribution in [0.3, 0.4) is 0 Å². The molecule has 2 N–H and O–H groups in total. The van der Waals surface area contributed by atoms with Crippen LogP contribution in [0.1, 0.15) is 29.1 Å². The minimum atomic E-state index is 0.750. The highest BCUT2D eigenvalue weighted by Gasteiger charge is 2.03. The van der Waals surface area contributed by atoms with Gasteiger partial charge in [0.25, 0.3) is 0 Å². The molecule has 6 nitrogen and oxygen atoms in total. The first-order chi connectivity index (χ1) is 14.2. The Morgan fingerprint density at radius 3 is 2.52 bits per heavy atom. The fourth-order valence-corrected chi connectivity index (χ4v) is 3.22. The Balaban J connectivity index is 1.47. The maximum Gasteiger partial charge on any atom is 0.191 e. The lowest BCUT2D eigenvalue weighted by Crippen LogP contribution is -2.39. The molecule has 0 aliphatic heterocycles. The molecule has 0 aliphatic rings. The second-order valence-electron chi connectivity index (χ2n) is 7.15. The molecule has 0 atom stereocenters. The molecule has 154 valence electrons. The van der Waals surface area contributed by atoms with E-state index in [0.717, 1.165) is 62.9 Å². The predicted octanol–water partition coefficient (Wildman–Crippen LogP) is 3.50. The minimum Gasteiger partial charge on any atom is -0.469 e. The summed E-state index contributed by atoms with van der Waals surface area (Å²) in [5.74, 6) is 1.83. The molecule has 0 saturated heterocycles. The number of nitrogens with zero attached hydrogens (tertiary/aromatic N) is 3. The minimum absolute atomic E-state index is 0.750. The lowest BCUT2D eigenvalue weighted by atomic mass is 10.1. The van der Waals surface area contributed by atoms with E-state index in [0.29, 0.717) is 0 Å². The van der Waals surface area contributed by atoms with Gasteiger partial charge >= 0.3 is 0 Å². The SMILES string of the molecule is Cc1cc(C)n(CCCN=C(NCCc2ccccc2)NCCc2ccco2)n1. The van der Waals surface area contributed by atoms with Gasteiger partial charge in [0.2, 0.25) is 0 Å². The summed E-state index contributed by atoms with van der Waals surface area (Å²) in [6.45, 7) is 7.37. The van der Waals surface area contributed by atoms with Crippen LogP contribution in [0.5, 0.6) is 0 Å². The van der Waals surface area contributed by atoms with Gasteiger partial charge in [-0.25, -0.2) is 0 Å². The molecule has 2 aromatic heterocycles. The Kier molecular flexibility index (Phi) is 7.92. The number of benzene rings is 1. The topological polar surface area (TPSA) is 67.4 Å². The van der Waals surface area contributed by atoms with E-state index in [4.69, 9.17) is 9.41 Å². The van der Waals surface area contributed by atoms with E-state index in [-0.39, 0.29) is 0 Å². The molecule has 2 heterocycles. The van der Waals surface area contributed by atoms with Crippen molar-refractivity contribution in [3.8, 4) is 0 Å². The van der Waals surface area contributed by atoms with Crippen LogP contribution in [-0.4, -0.2) is 35.4 Å². The molecule has 6 heteroatoms. The second-order valence-corrected chi connectivity index (χ2v) is 7.15. The third-order valence-electron chi connectivity index (χ3n) is 4.69. The van der Waals surface area contributed by atoms with Gasteiger partial charge in [-0.1, -0.05) is 30.3 Å². The van der Waals surface area contributed by atoms with Crippen LogP contribution >= 0.6 is 0 Å². The summed E-state index contributed by atoms with van der Waals surface area (Å²) < 4.78 is 7.46. The van der Waals surface area contributed by atoms with Crippen molar-refractivity contribution in [2.24, 2.45) is 4.99 Å². The van der Waals surface area contributed by atoms with Crippen LogP contribution in [0.25, 0.3) is 0 Å². The molecule has 0 fully saturated rings. The normalized spacial score (nSPS) is 11.6. The van der Waals surface area contributed by atoms with Gasteiger partial charge in [-0.05, 0) is 50.5 Å². The maximum atomic E-state index is 5.40. The van der Waals surface area contributed by atoms with Crippen LogP contribution in [-0.2, 0) is 19.4 Å². The van der Waals surface area contributed by atoms with E-state index in [1.54, 1.807) is 6.26 Å². The lowest BCUT2D eigenvalue weighted by Gasteiger charge is -2.12. The first-order valence-corrected chi connectivity index (χ1v) is 10.3. The van der Waals surface area contributed by atoms with Crippen LogP contribution < -0.4 is 10.6 Å². The standard InChI is InChI=1S/C23H31N5O/c1-19-18-20(2)28(27-19)16-7-13-24-23(26-15-12-22-10-6-17-29-22)25-14-11-21-8-4-3-5-9-21/h3-6,8-10,17-18H,7,11-16H2,1-2H3,(H2,24,25,26). The highest BCUT2D eigenvalue weighted by atomic mass is 16.3. The summed E-state index contributed by atoms with van der Waals surface area (Å²) in [6.07, 6.45) is 4.46. The Morgan fingerprint density at radius 1 is 1.03 bits per heavy atom. The Labute approximate surface area is 173 Å². The lowest BCUT2D eigenvalue weighted by molar-refractivity contribution is 0.506. The van der Waals surface area contributed by atoms with E-state index in [1.807, 2.05) is 25.1 Å². The molecule has 0 amide bonds. The van der Waals surface area contributed by atoms with Gasteiger partial charge in [0.05, 0.1) is 12.0 Å². The van der Waals surface area contributed by atoms with Crippen LogP contribution in [0.2, 0.25) is 0 Å². The molecule has 0 saturated carbocycles. The number of guanidine groups is 1. The van der Waals surface area contributed by atoms with E-state index < -0.39 is 0 Å². The number of hydrogen-bond acceptors (Lipinski definition) is 3. The molecule has 1 aromatic carbocycles. The van der Waals surface area contributed by atoms with E-state index in [2.05, 4.69) is 57.7 Å². The molecule has 0 unspecified atom stereocenters. The second kappa shape index (κ2) is 11.1. The number of rotatable bonds is 10. The van der Waals surface area contributed by atoms with Gasteiger partial charge in [0, 0.05) is 38.3 Å². The van der Waals surface area contributed by atoms with Crippen molar-refractivity contribution in [3.63, 3.8) is 0 Å². The zero-order chi connectivity index (χ0) is 20.3. The van der Waals surface area contributed by atoms with Gasteiger partial charge in [-0.2, -0.15) is 5.10 Å². The van der Waals surface area contributed by atoms with Gasteiger partial charge < -0.3 is 15.1 Å². The van der Waals surface area contributed by atoms with Gasteiger partial charge in [0.15, 0.2) is 5.96 Å². The van der Waals surface area contributed by atoms with Crippen molar-refractivity contribution in [2.75, 3.05) is 19.6 Å². The summed E-state index contributed by atoms with van der Waals surface area (Å²) in [6, 6.07) is 16.5. The number of aliphatic imine (C=N–C) groups is 1. The summed E-state index contributed by atoms with van der Waals surface area (Å²) in [7, 11) is 0. The van der Waals surface area contributed by atoms with Crippen molar-refractivity contribution < 1.29 is 4.42 Å². The van der Waals surface area contributed by atoms with Crippen molar-refractivity contribution in [1.82, 2.24) is 20.4 Å². The summed E-state index contributed by atoms with van der Waals surface area (Å²) >= 11 is 0. The van der Waals surface area contributed by atoms with Crippen LogP contribution in [0, 0.1) is 13.8 Å². The summed E-state index contributed by atoms with van der Waals surface area (Å²) in [5.41, 5.74) is 3.58. The maximum absolute atomic E-state index is 5.40.